The molecule has 1 atom stereocenters. The Bertz CT molecular complexity index is 857. The molecule has 0 fully saturated rings. The van der Waals surface area contributed by atoms with E-state index in [-0.39, 0.29) is 17.5 Å². The van der Waals surface area contributed by atoms with Crippen LogP contribution in [0.15, 0.2) is 54.6 Å². The summed E-state index contributed by atoms with van der Waals surface area (Å²) in [5.41, 5.74) is 3.21. The van der Waals surface area contributed by atoms with Crippen LogP contribution in [0, 0.1) is 0 Å². The van der Waals surface area contributed by atoms with Crippen LogP contribution in [-0.2, 0) is 6.42 Å². The van der Waals surface area contributed by atoms with Crippen molar-refractivity contribution < 1.29 is 10.2 Å². The maximum Gasteiger partial charge on any atom is 0.163 e. The fourth-order valence-electron chi connectivity index (χ4n) is 3.40. The summed E-state index contributed by atoms with van der Waals surface area (Å²) in [5, 5.41) is 26.0. The molecule has 1 heterocycles. The predicted octanol–water partition coefficient (Wildman–Crippen LogP) is 3.49. The fraction of sp³-hybridized carbons (Fsp3) is 0.158. The molecule has 0 saturated heterocycles. The quantitative estimate of drug-likeness (QED) is 0.602. The Morgan fingerprint density at radius 1 is 0.955 bits per heavy atom. The Morgan fingerprint density at radius 3 is 2.64 bits per heavy atom. The number of rotatable bonds is 1. The number of phenols is 2. The van der Waals surface area contributed by atoms with E-state index < -0.39 is 0 Å². The van der Waals surface area contributed by atoms with E-state index in [0.29, 0.717) is 0 Å². The van der Waals surface area contributed by atoms with Crippen LogP contribution < -0.4 is 5.32 Å². The zero-order valence-electron chi connectivity index (χ0n) is 12.1. The molecule has 22 heavy (non-hydrogen) atoms. The molecule has 1 aliphatic rings. The lowest BCUT2D eigenvalue weighted by molar-refractivity contribution is 0.395. The maximum atomic E-state index is 10.5. The van der Waals surface area contributed by atoms with Gasteiger partial charge in [0.15, 0.2) is 11.5 Å². The van der Waals surface area contributed by atoms with E-state index >= 15 is 0 Å². The number of benzene rings is 3. The SMILES string of the molecule is Oc1cc2ccccc2c(C2NCCc3ccccc32)c1O. The Morgan fingerprint density at radius 2 is 1.73 bits per heavy atom. The van der Waals surface area contributed by atoms with Crippen molar-refractivity contribution in [3.63, 3.8) is 0 Å². The Kier molecular flexibility index (Phi) is 3.01. The molecule has 3 nitrogen and oxygen atoms in total. The third kappa shape index (κ3) is 1.94. The third-order valence-corrected chi connectivity index (χ3v) is 4.44. The van der Waals surface area contributed by atoms with Gasteiger partial charge >= 0.3 is 0 Å². The molecule has 1 unspecified atom stereocenters. The lowest BCUT2D eigenvalue weighted by Gasteiger charge is -2.29. The second-order valence-corrected chi connectivity index (χ2v) is 5.72. The molecule has 0 aliphatic carbocycles. The molecule has 0 spiro atoms. The van der Waals surface area contributed by atoms with Crippen molar-refractivity contribution in [1.29, 1.82) is 0 Å². The first-order valence-corrected chi connectivity index (χ1v) is 7.50. The summed E-state index contributed by atoms with van der Waals surface area (Å²) in [6, 6.07) is 17.6. The first kappa shape index (κ1) is 13.2. The van der Waals surface area contributed by atoms with Crippen molar-refractivity contribution in [3.8, 4) is 11.5 Å². The number of aromatic hydroxyl groups is 2. The van der Waals surface area contributed by atoms with Gasteiger partial charge in [-0.15, -0.1) is 0 Å². The van der Waals surface area contributed by atoms with Crippen LogP contribution in [-0.4, -0.2) is 16.8 Å². The number of hydrogen-bond acceptors (Lipinski definition) is 3. The van der Waals surface area contributed by atoms with Gasteiger partial charge < -0.3 is 15.5 Å². The molecule has 3 aromatic carbocycles. The molecular weight excluding hydrogens is 274 g/mol. The molecule has 3 aromatic rings. The van der Waals surface area contributed by atoms with Gasteiger partial charge in [0.25, 0.3) is 0 Å². The predicted molar refractivity (Wildman–Crippen MR) is 87.3 cm³/mol. The standard InChI is InChI=1S/C19H17NO2/c21-16-11-13-6-2-3-7-14(13)17(19(16)22)18-15-8-4-1-5-12(15)9-10-20-18/h1-8,11,18,20-22H,9-10H2. The van der Waals surface area contributed by atoms with Crippen LogP contribution in [0.2, 0.25) is 0 Å². The Hall–Kier alpha value is -2.52. The normalized spacial score (nSPS) is 17.4. The fourth-order valence-corrected chi connectivity index (χ4v) is 3.40. The highest BCUT2D eigenvalue weighted by molar-refractivity contribution is 5.90. The summed E-state index contributed by atoms with van der Waals surface area (Å²) in [7, 11) is 0. The van der Waals surface area contributed by atoms with E-state index in [9.17, 15) is 10.2 Å². The summed E-state index contributed by atoms with van der Waals surface area (Å²) < 4.78 is 0. The van der Waals surface area contributed by atoms with E-state index in [1.807, 2.05) is 36.4 Å². The van der Waals surface area contributed by atoms with Gasteiger partial charge in [-0.2, -0.15) is 0 Å². The molecule has 0 bridgehead atoms. The van der Waals surface area contributed by atoms with E-state index in [4.69, 9.17) is 0 Å². The molecule has 3 N–H and O–H groups in total. The van der Waals surface area contributed by atoms with Crippen molar-refractivity contribution in [3.05, 3.63) is 71.3 Å². The third-order valence-electron chi connectivity index (χ3n) is 4.44. The second kappa shape index (κ2) is 5.04. The van der Waals surface area contributed by atoms with Crippen LogP contribution in [0.5, 0.6) is 11.5 Å². The largest absolute Gasteiger partial charge is 0.504 e. The molecule has 0 aromatic heterocycles. The Labute approximate surface area is 128 Å². The molecule has 3 heteroatoms. The summed E-state index contributed by atoms with van der Waals surface area (Å²) in [4.78, 5) is 0. The van der Waals surface area contributed by atoms with Crippen molar-refractivity contribution >= 4 is 10.8 Å². The minimum atomic E-state index is -0.109. The molecule has 0 saturated carbocycles. The lowest BCUT2D eigenvalue weighted by atomic mass is 9.87. The minimum absolute atomic E-state index is 0.0343. The van der Waals surface area contributed by atoms with Gasteiger partial charge in [-0.1, -0.05) is 48.5 Å². The minimum Gasteiger partial charge on any atom is -0.504 e. The number of hydrogen-bond donors (Lipinski definition) is 3. The molecular formula is C19H17NO2. The van der Waals surface area contributed by atoms with Gasteiger partial charge in [-0.25, -0.2) is 0 Å². The topological polar surface area (TPSA) is 52.5 Å². The summed E-state index contributed by atoms with van der Waals surface area (Å²) in [6.07, 6.45) is 0.976. The van der Waals surface area contributed by atoms with Crippen molar-refractivity contribution in [1.82, 2.24) is 5.32 Å². The highest BCUT2D eigenvalue weighted by Gasteiger charge is 2.26. The average molecular weight is 291 g/mol. The van der Waals surface area contributed by atoms with Gasteiger partial charge in [0.05, 0.1) is 6.04 Å². The van der Waals surface area contributed by atoms with Gasteiger partial charge in [0.2, 0.25) is 0 Å². The zero-order chi connectivity index (χ0) is 15.1. The number of nitrogens with one attached hydrogen (secondary N) is 1. The van der Waals surface area contributed by atoms with Crippen LogP contribution in [0.1, 0.15) is 22.7 Å². The first-order chi connectivity index (χ1) is 10.8. The van der Waals surface area contributed by atoms with Crippen LogP contribution in [0.25, 0.3) is 10.8 Å². The van der Waals surface area contributed by atoms with E-state index in [2.05, 4.69) is 17.4 Å². The molecule has 4 rings (SSSR count). The van der Waals surface area contributed by atoms with Gasteiger partial charge in [0, 0.05) is 12.1 Å². The van der Waals surface area contributed by atoms with Gasteiger partial charge in [-0.05, 0) is 34.4 Å². The molecule has 1 aliphatic heterocycles. The molecule has 0 amide bonds. The van der Waals surface area contributed by atoms with Crippen LogP contribution in [0.3, 0.4) is 0 Å². The van der Waals surface area contributed by atoms with Crippen molar-refractivity contribution in [2.24, 2.45) is 0 Å². The van der Waals surface area contributed by atoms with E-state index in [1.54, 1.807) is 6.07 Å². The van der Waals surface area contributed by atoms with E-state index in [0.717, 1.165) is 29.3 Å². The molecule has 0 radical (unpaired) electrons. The summed E-state index contributed by atoms with van der Waals surface area (Å²) >= 11 is 0. The smallest absolute Gasteiger partial charge is 0.163 e. The number of fused-ring (bicyclic) bond motifs is 2. The first-order valence-electron chi connectivity index (χ1n) is 7.50. The number of phenolic OH excluding ortho intramolecular Hbond substituents is 2. The van der Waals surface area contributed by atoms with Crippen LogP contribution in [0.4, 0.5) is 0 Å². The van der Waals surface area contributed by atoms with E-state index in [1.165, 1.54) is 11.1 Å². The van der Waals surface area contributed by atoms with Crippen LogP contribution >= 0.6 is 0 Å². The monoisotopic (exact) mass is 291 g/mol. The second-order valence-electron chi connectivity index (χ2n) is 5.72. The lowest BCUT2D eigenvalue weighted by Crippen LogP contribution is -2.30. The van der Waals surface area contributed by atoms with Gasteiger partial charge in [0.1, 0.15) is 0 Å². The van der Waals surface area contributed by atoms with Crippen molar-refractivity contribution in [2.75, 3.05) is 6.54 Å². The highest BCUT2D eigenvalue weighted by Crippen LogP contribution is 2.42. The zero-order valence-corrected chi connectivity index (χ0v) is 12.1. The average Bonchev–Trinajstić information content (AvgIpc) is 2.56. The van der Waals surface area contributed by atoms with Crippen molar-refractivity contribution in [2.45, 2.75) is 12.5 Å². The summed E-state index contributed by atoms with van der Waals surface area (Å²) in [6.45, 7) is 0.852. The highest BCUT2D eigenvalue weighted by atomic mass is 16.3. The summed E-state index contributed by atoms with van der Waals surface area (Å²) in [5.74, 6) is -0.105. The Balaban J connectivity index is 2.01. The van der Waals surface area contributed by atoms with Gasteiger partial charge in [-0.3, -0.25) is 0 Å². The maximum absolute atomic E-state index is 10.5. The molecule has 110 valence electrons.